The Morgan fingerprint density at radius 2 is 2.00 bits per heavy atom. The van der Waals surface area contributed by atoms with Crippen LogP contribution in [0.5, 0.6) is 0 Å². The van der Waals surface area contributed by atoms with Gasteiger partial charge in [-0.25, -0.2) is 0 Å². The largest absolute Gasteiger partial charge is 0.316 e. The molecule has 0 bridgehead atoms. The normalized spacial score (nSPS) is 15.7. The van der Waals surface area contributed by atoms with E-state index >= 15 is 0 Å². The van der Waals surface area contributed by atoms with Crippen LogP contribution in [0.15, 0.2) is 29.4 Å². The van der Waals surface area contributed by atoms with E-state index in [0.29, 0.717) is 27.6 Å². The number of amides is 1. The molecule has 1 aliphatic rings. The highest BCUT2D eigenvalue weighted by Crippen LogP contribution is 2.44. The Hall–Kier alpha value is -2.63. The first-order valence-electron chi connectivity index (χ1n) is 12.1. The zero-order chi connectivity index (χ0) is 25.3. The summed E-state index contributed by atoms with van der Waals surface area (Å²) in [5.41, 5.74) is 4.28. The van der Waals surface area contributed by atoms with Crippen molar-refractivity contribution < 1.29 is 4.79 Å². The summed E-state index contributed by atoms with van der Waals surface area (Å²) < 4.78 is 1.92. The molecule has 0 aliphatic heterocycles. The van der Waals surface area contributed by atoms with E-state index in [1.165, 1.54) is 22.2 Å². The van der Waals surface area contributed by atoms with Gasteiger partial charge in [0.05, 0.1) is 11.3 Å². The number of nitrogens with zero attached hydrogens (tertiary/aromatic N) is 4. The summed E-state index contributed by atoms with van der Waals surface area (Å²) in [7, 11) is 1.92. The fourth-order valence-electron chi connectivity index (χ4n) is 4.53. The summed E-state index contributed by atoms with van der Waals surface area (Å²) in [5, 5.41) is 22.8. The van der Waals surface area contributed by atoms with Crippen LogP contribution in [0.4, 0.5) is 5.00 Å². The number of thioether (sulfide) groups is 1. The molecule has 1 aliphatic carbocycles. The van der Waals surface area contributed by atoms with E-state index in [9.17, 15) is 10.1 Å². The highest BCUT2D eigenvalue weighted by Gasteiger charge is 2.32. The third-order valence-corrected chi connectivity index (χ3v) is 9.05. The van der Waals surface area contributed by atoms with Gasteiger partial charge in [-0.2, -0.15) is 5.26 Å². The van der Waals surface area contributed by atoms with E-state index in [2.05, 4.69) is 80.5 Å². The second-order valence-electron chi connectivity index (χ2n) is 10.6. The molecule has 0 radical (unpaired) electrons. The maximum Gasteiger partial charge on any atom is 0.235 e. The Kier molecular flexibility index (Phi) is 7.39. The monoisotopic (exact) mass is 507 g/mol. The first-order valence-corrected chi connectivity index (χ1v) is 13.9. The van der Waals surface area contributed by atoms with Gasteiger partial charge in [0.2, 0.25) is 5.91 Å². The van der Waals surface area contributed by atoms with Crippen molar-refractivity contribution in [2.75, 3.05) is 11.1 Å². The summed E-state index contributed by atoms with van der Waals surface area (Å²) in [4.78, 5) is 14.0. The van der Waals surface area contributed by atoms with Crippen LogP contribution in [-0.4, -0.2) is 26.4 Å². The molecule has 0 spiro atoms. The Balaban J connectivity index is 1.42. The molecule has 1 N–H and O–H groups in total. The molecule has 6 nitrogen and oxygen atoms in total. The van der Waals surface area contributed by atoms with Crippen LogP contribution in [0.3, 0.4) is 0 Å². The van der Waals surface area contributed by atoms with Crippen LogP contribution in [0.25, 0.3) is 11.4 Å². The number of hydrogen-bond donors (Lipinski definition) is 1. The van der Waals surface area contributed by atoms with Crippen LogP contribution in [0, 0.1) is 22.7 Å². The van der Waals surface area contributed by atoms with Gasteiger partial charge in [0.25, 0.3) is 0 Å². The number of hydrogen-bond acceptors (Lipinski definition) is 6. The summed E-state index contributed by atoms with van der Waals surface area (Å²) in [6.07, 6.45) is 2.96. The molecule has 1 aromatic carbocycles. The lowest BCUT2D eigenvalue weighted by Gasteiger charge is -2.33. The van der Waals surface area contributed by atoms with Gasteiger partial charge in [-0.3, -0.25) is 4.79 Å². The molecule has 184 valence electrons. The molecule has 0 fully saturated rings. The van der Waals surface area contributed by atoms with Crippen molar-refractivity contribution in [3.8, 4) is 17.5 Å². The number of benzene rings is 1. The summed E-state index contributed by atoms with van der Waals surface area (Å²) >= 11 is 2.92. The average molecular weight is 508 g/mol. The lowest BCUT2D eigenvalue weighted by atomic mass is 9.72. The van der Waals surface area contributed by atoms with Crippen molar-refractivity contribution in [1.29, 1.82) is 5.26 Å². The summed E-state index contributed by atoms with van der Waals surface area (Å²) in [5.74, 6) is 1.91. The molecular formula is C27H33N5OS2. The highest BCUT2D eigenvalue weighted by atomic mass is 32.2. The molecule has 35 heavy (non-hydrogen) atoms. The molecule has 0 saturated carbocycles. The van der Waals surface area contributed by atoms with Gasteiger partial charge < -0.3 is 9.88 Å². The predicted octanol–water partition coefficient (Wildman–Crippen LogP) is 6.42. The number of rotatable bonds is 6. The second kappa shape index (κ2) is 10.2. The van der Waals surface area contributed by atoms with Gasteiger partial charge in [-0.15, -0.1) is 21.5 Å². The molecule has 0 saturated heterocycles. The van der Waals surface area contributed by atoms with E-state index in [-0.39, 0.29) is 17.1 Å². The van der Waals surface area contributed by atoms with Crippen molar-refractivity contribution in [3.05, 3.63) is 45.8 Å². The Labute approximate surface area is 216 Å². The van der Waals surface area contributed by atoms with E-state index in [1.54, 1.807) is 11.3 Å². The molecule has 4 rings (SSSR count). The number of anilines is 1. The van der Waals surface area contributed by atoms with Gasteiger partial charge >= 0.3 is 0 Å². The molecular weight excluding hydrogens is 474 g/mol. The quantitative estimate of drug-likeness (QED) is 0.389. The first-order chi connectivity index (χ1) is 16.6. The molecule has 8 heteroatoms. The lowest BCUT2D eigenvalue weighted by molar-refractivity contribution is -0.113. The zero-order valence-electron chi connectivity index (χ0n) is 21.3. The third-order valence-electron chi connectivity index (χ3n) is 6.86. The molecule has 1 unspecified atom stereocenters. The number of nitrogens with one attached hydrogen (secondary N) is 1. The minimum absolute atomic E-state index is 0.136. The van der Waals surface area contributed by atoms with Gasteiger partial charge in [0, 0.05) is 17.5 Å². The second-order valence-corrected chi connectivity index (χ2v) is 12.7. The Bertz CT molecular complexity index is 1260. The van der Waals surface area contributed by atoms with Gasteiger partial charge in [-0.1, -0.05) is 70.6 Å². The average Bonchev–Trinajstić information content (AvgIpc) is 3.35. The van der Waals surface area contributed by atoms with Crippen molar-refractivity contribution >= 4 is 34.0 Å². The molecule has 3 aromatic rings. The Morgan fingerprint density at radius 1 is 1.29 bits per heavy atom. The lowest BCUT2D eigenvalue weighted by Crippen LogP contribution is -2.26. The zero-order valence-corrected chi connectivity index (χ0v) is 22.9. The van der Waals surface area contributed by atoms with Crippen molar-refractivity contribution in [3.63, 3.8) is 0 Å². The number of fused-ring (bicyclic) bond motifs is 1. The minimum Gasteiger partial charge on any atom is -0.316 e. The van der Waals surface area contributed by atoms with Crippen molar-refractivity contribution in [2.24, 2.45) is 18.4 Å². The predicted molar refractivity (Wildman–Crippen MR) is 144 cm³/mol. The number of thiophene rings is 1. The third kappa shape index (κ3) is 5.46. The highest BCUT2D eigenvalue weighted by molar-refractivity contribution is 7.99. The van der Waals surface area contributed by atoms with Crippen LogP contribution in [0.2, 0.25) is 0 Å². The number of carbonyl (C=O) groups excluding carboxylic acids is 1. The van der Waals surface area contributed by atoms with Gasteiger partial charge in [0.1, 0.15) is 11.1 Å². The van der Waals surface area contributed by atoms with E-state index < -0.39 is 0 Å². The van der Waals surface area contributed by atoms with Crippen LogP contribution in [0.1, 0.15) is 68.5 Å². The van der Waals surface area contributed by atoms with E-state index in [0.717, 1.165) is 36.2 Å². The summed E-state index contributed by atoms with van der Waals surface area (Å²) in [6.45, 7) is 11.2. The van der Waals surface area contributed by atoms with Crippen LogP contribution >= 0.6 is 23.1 Å². The minimum atomic E-state index is -0.136. The van der Waals surface area contributed by atoms with Crippen LogP contribution in [-0.2, 0) is 24.7 Å². The fourth-order valence-corrected chi connectivity index (χ4v) is 6.54. The molecule has 1 amide bonds. The van der Waals surface area contributed by atoms with Gasteiger partial charge in [-0.05, 0) is 47.6 Å². The maximum absolute atomic E-state index is 12.8. The fraction of sp³-hybridized carbons (Fsp3) is 0.481. The van der Waals surface area contributed by atoms with E-state index in [4.69, 9.17) is 0 Å². The number of nitriles is 1. The van der Waals surface area contributed by atoms with Gasteiger partial charge in [0.15, 0.2) is 11.0 Å². The first kappa shape index (κ1) is 25.5. The van der Waals surface area contributed by atoms with E-state index in [1.807, 2.05) is 11.6 Å². The maximum atomic E-state index is 12.8. The summed E-state index contributed by atoms with van der Waals surface area (Å²) in [6, 6.07) is 10.7. The molecule has 1 atom stereocenters. The Morgan fingerprint density at radius 3 is 2.63 bits per heavy atom. The standard InChI is InChI=1S/C27H33N5OS2/c1-16(2)17-7-9-18(10-8-17)24-30-31-26(32(24)6)34-15-23(33)29-25-21(14-28)20-12-11-19(27(3,4)5)13-22(20)35-25/h7-10,16,19H,11-13,15H2,1-6H3,(H,29,33). The smallest absolute Gasteiger partial charge is 0.235 e. The number of aromatic nitrogens is 3. The van der Waals surface area contributed by atoms with Crippen molar-refractivity contribution in [1.82, 2.24) is 14.8 Å². The molecule has 2 heterocycles. The van der Waals surface area contributed by atoms with Crippen molar-refractivity contribution in [2.45, 2.75) is 65.0 Å². The molecule has 2 aromatic heterocycles. The SMILES string of the molecule is CC(C)c1ccc(-c2nnc(SCC(=O)Nc3sc4c(c3C#N)CCC(C(C)(C)C)C4)n2C)cc1. The van der Waals surface area contributed by atoms with Crippen LogP contribution < -0.4 is 5.32 Å². The topological polar surface area (TPSA) is 83.6 Å². The number of carbonyl (C=O) groups is 1.